The Balaban J connectivity index is 2.17. The minimum Gasteiger partial charge on any atom is -0.444 e. The average Bonchev–Trinajstić information content (AvgIpc) is 2.33. The number of amides is 1. The van der Waals surface area contributed by atoms with Crippen LogP contribution in [0.2, 0.25) is 0 Å². The van der Waals surface area contributed by atoms with E-state index in [0.717, 1.165) is 6.26 Å². The summed E-state index contributed by atoms with van der Waals surface area (Å²) in [4.78, 5) is 10.5. The molecule has 6 nitrogen and oxygen atoms in total. The van der Waals surface area contributed by atoms with Gasteiger partial charge in [0.25, 0.3) is 10.1 Å². The van der Waals surface area contributed by atoms with E-state index >= 15 is 0 Å². The topological polar surface area (TPSA) is 81.7 Å². The molecule has 1 unspecified atom stereocenters. The first-order valence-electron chi connectivity index (χ1n) is 3.76. The van der Waals surface area contributed by atoms with Crippen molar-refractivity contribution in [3.05, 3.63) is 0 Å². The van der Waals surface area contributed by atoms with E-state index in [0.29, 0.717) is 13.0 Å². The van der Waals surface area contributed by atoms with Gasteiger partial charge in [-0.05, 0) is 0 Å². The number of hydrogen-bond acceptors (Lipinski definition) is 5. The van der Waals surface area contributed by atoms with E-state index in [1.165, 1.54) is 0 Å². The van der Waals surface area contributed by atoms with Crippen LogP contribution in [0, 0.1) is 0 Å². The van der Waals surface area contributed by atoms with Gasteiger partial charge in [-0.1, -0.05) is 0 Å². The third-order valence-corrected chi connectivity index (χ3v) is 2.08. The van der Waals surface area contributed by atoms with Crippen LogP contribution >= 0.6 is 0 Å². The number of alkyl carbamates (subject to hydrolysis) is 1. The van der Waals surface area contributed by atoms with Crippen LogP contribution in [0.15, 0.2) is 0 Å². The normalized spacial score (nSPS) is 22.5. The van der Waals surface area contributed by atoms with Crippen LogP contribution in [-0.2, 0) is 19.0 Å². The second kappa shape index (κ2) is 3.93. The smallest absolute Gasteiger partial charge is 0.407 e. The molecule has 1 aliphatic heterocycles. The van der Waals surface area contributed by atoms with Gasteiger partial charge in [0.15, 0.2) is 0 Å². The molecule has 7 heteroatoms. The van der Waals surface area contributed by atoms with Crippen molar-refractivity contribution in [1.82, 2.24) is 5.32 Å². The molecular formula is C6H11NO5S. The summed E-state index contributed by atoms with van der Waals surface area (Å²) < 4.78 is 30.3. The second-order valence-corrected chi connectivity index (χ2v) is 4.37. The van der Waals surface area contributed by atoms with Crippen LogP contribution in [0.25, 0.3) is 0 Å². The monoisotopic (exact) mass is 209 g/mol. The van der Waals surface area contributed by atoms with Gasteiger partial charge in [-0.25, -0.2) is 4.79 Å². The van der Waals surface area contributed by atoms with Gasteiger partial charge in [0, 0.05) is 6.42 Å². The molecule has 1 amide bonds. The van der Waals surface area contributed by atoms with E-state index in [9.17, 15) is 13.2 Å². The molecule has 1 heterocycles. The second-order valence-electron chi connectivity index (χ2n) is 2.72. The Labute approximate surface area is 76.3 Å². The first-order chi connectivity index (χ1) is 5.97. The maximum Gasteiger partial charge on any atom is 0.407 e. The largest absolute Gasteiger partial charge is 0.444 e. The Morgan fingerprint density at radius 1 is 1.69 bits per heavy atom. The highest BCUT2D eigenvalue weighted by Gasteiger charge is 2.22. The fourth-order valence-electron chi connectivity index (χ4n) is 0.924. The zero-order valence-electron chi connectivity index (χ0n) is 7.15. The van der Waals surface area contributed by atoms with Crippen LogP contribution in [0.4, 0.5) is 4.79 Å². The van der Waals surface area contributed by atoms with Gasteiger partial charge in [0.2, 0.25) is 0 Å². The van der Waals surface area contributed by atoms with E-state index in [-0.39, 0.29) is 12.7 Å². The van der Waals surface area contributed by atoms with Crippen LogP contribution in [0.1, 0.15) is 6.42 Å². The van der Waals surface area contributed by atoms with Crippen molar-refractivity contribution >= 4 is 16.2 Å². The average molecular weight is 209 g/mol. The van der Waals surface area contributed by atoms with Crippen LogP contribution in [-0.4, -0.2) is 40.0 Å². The number of carbonyl (C=O) groups is 1. The van der Waals surface area contributed by atoms with E-state index in [1.807, 2.05) is 0 Å². The predicted molar refractivity (Wildman–Crippen MR) is 43.7 cm³/mol. The van der Waals surface area contributed by atoms with Gasteiger partial charge >= 0.3 is 6.09 Å². The molecule has 1 atom stereocenters. The molecule has 1 N–H and O–H groups in total. The minimum absolute atomic E-state index is 0.0401. The molecule has 0 aromatic carbocycles. The zero-order valence-corrected chi connectivity index (χ0v) is 7.96. The first kappa shape index (κ1) is 10.3. The van der Waals surface area contributed by atoms with Gasteiger partial charge in [-0.3, -0.25) is 4.18 Å². The summed E-state index contributed by atoms with van der Waals surface area (Å²) in [7, 11) is -3.39. The number of ether oxygens (including phenoxy) is 1. The van der Waals surface area contributed by atoms with E-state index in [1.54, 1.807) is 0 Å². The van der Waals surface area contributed by atoms with Crippen LogP contribution in [0.5, 0.6) is 0 Å². The first-order valence-corrected chi connectivity index (χ1v) is 5.58. The Morgan fingerprint density at radius 2 is 2.38 bits per heavy atom. The van der Waals surface area contributed by atoms with E-state index in [4.69, 9.17) is 4.74 Å². The SMILES string of the molecule is CS(=O)(=O)OCCC1CNC(=O)O1. The molecule has 13 heavy (non-hydrogen) atoms. The molecule has 76 valence electrons. The minimum atomic E-state index is -3.39. The van der Waals surface area contributed by atoms with Crippen molar-refractivity contribution < 1.29 is 22.1 Å². The van der Waals surface area contributed by atoms with Gasteiger partial charge < -0.3 is 10.1 Å². The number of carbonyl (C=O) groups excluding carboxylic acids is 1. The highest BCUT2D eigenvalue weighted by molar-refractivity contribution is 7.85. The molecule has 1 saturated heterocycles. The summed E-state index contributed by atoms with van der Waals surface area (Å²) in [6.07, 6.45) is 0.608. The molecule has 0 spiro atoms. The third kappa shape index (κ3) is 4.09. The van der Waals surface area contributed by atoms with Gasteiger partial charge in [-0.2, -0.15) is 8.42 Å². The molecule has 0 aliphatic carbocycles. The fraction of sp³-hybridized carbons (Fsp3) is 0.833. The highest BCUT2D eigenvalue weighted by Crippen LogP contribution is 2.05. The maximum atomic E-state index is 10.5. The van der Waals surface area contributed by atoms with E-state index in [2.05, 4.69) is 9.50 Å². The lowest BCUT2D eigenvalue weighted by molar-refractivity contribution is 0.125. The number of hydrogen-bond donors (Lipinski definition) is 1. The van der Waals surface area contributed by atoms with Crippen LogP contribution < -0.4 is 5.32 Å². The molecule has 1 aliphatic rings. The molecule has 0 radical (unpaired) electrons. The lowest BCUT2D eigenvalue weighted by Gasteiger charge is -2.06. The van der Waals surface area contributed by atoms with Gasteiger partial charge in [0.05, 0.1) is 19.4 Å². The summed E-state index contributed by atoms with van der Waals surface area (Å²) in [5.74, 6) is 0. The molecule has 0 bridgehead atoms. The zero-order chi connectivity index (χ0) is 9.90. The van der Waals surface area contributed by atoms with Crippen molar-refractivity contribution in [2.24, 2.45) is 0 Å². The highest BCUT2D eigenvalue weighted by atomic mass is 32.2. The Kier molecular flexibility index (Phi) is 3.10. The fourth-order valence-corrected chi connectivity index (χ4v) is 1.32. The molecule has 0 aromatic rings. The molecule has 1 rings (SSSR count). The number of rotatable bonds is 4. The summed E-state index contributed by atoms with van der Waals surface area (Å²) in [6, 6.07) is 0. The summed E-state index contributed by atoms with van der Waals surface area (Å²) in [6.45, 7) is 0.449. The maximum absolute atomic E-state index is 10.5. The summed E-state index contributed by atoms with van der Waals surface area (Å²) in [5, 5.41) is 2.45. The van der Waals surface area contributed by atoms with Crippen molar-refractivity contribution in [3.63, 3.8) is 0 Å². The van der Waals surface area contributed by atoms with Crippen LogP contribution in [0.3, 0.4) is 0 Å². The van der Waals surface area contributed by atoms with Crippen molar-refractivity contribution in [3.8, 4) is 0 Å². The van der Waals surface area contributed by atoms with Gasteiger partial charge in [-0.15, -0.1) is 0 Å². The predicted octanol–water partition coefficient (Wildman–Crippen LogP) is -0.539. The van der Waals surface area contributed by atoms with Crippen molar-refractivity contribution in [2.75, 3.05) is 19.4 Å². The summed E-state index contributed by atoms with van der Waals surface area (Å²) >= 11 is 0. The quantitative estimate of drug-likeness (QED) is 0.629. The number of nitrogens with one attached hydrogen (secondary N) is 1. The molecular weight excluding hydrogens is 198 g/mol. The standard InChI is InChI=1S/C6H11NO5S/c1-13(9,10)11-3-2-5-4-7-6(8)12-5/h5H,2-4H2,1H3,(H,7,8). The lowest BCUT2D eigenvalue weighted by atomic mass is 10.3. The summed E-state index contributed by atoms with van der Waals surface area (Å²) in [5.41, 5.74) is 0. The lowest BCUT2D eigenvalue weighted by Crippen LogP contribution is -2.17. The van der Waals surface area contributed by atoms with E-state index < -0.39 is 16.2 Å². The molecule has 0 saturated carbocycles. The Bertz CT molecular complexity index is 285. The number of cyclic esters (lactones) is 1. The Hall–Kier alpha value is -0.820. The van der Waals surface area contributed by atoms with Crippen molar-refractivity contribution in [1.29, 1.82) is 0 Å². The molecule has 0 aromatic heterocycles. The Morgan fingerprint density at radius 3 is 2.85 bits per heavy atom. The molecule has 1 fully saturated rings. The van der Waals surface area contributed by atoms with Crippen molar-refractivity contribution in [2.45, 2.75) is 12.5 Å². The third-order valence-electron chi connectivity index (χ3n) is 1.49. The van der Waals surface area contributed by atoms with Gasteiger partial charge in [0.1, 0.15) is 6.10 Å².